The molecular weight excluding hydrogens is 609 g/mol. The Morgan fingerprint density at radius 1 is 1.02 bits per heavy atom. The molecule has 47 heavy (non-hydrogen) atoms. The molecule has 254 valence electrons. The molecule has 0 aliphatic carbocycles. The summed E-state index contributed by atoms with van der Waals surface area (Å²) in [6.07, 6.45) is -0.727. The molecule has 1 N–H and O–H groups in total. The third kappa shape index (κ3) is 8.99. The quantitative estimate of drug-likeness (QED) is 0.539. The van der Waals surface area contributed by atoms with Gasteiger partial charge in [0.15, 0.2) is 0 Å². The largest absolute Gasteiger partial charge is 0.491 e. The fourth-order valence-electron chi connectivity index (χ4n) is 5.60. The lowest BCUT2D eigenvalue weighted by Gasteiger charge is -2.41. The topological polar surface area (TPSA) is 129 Å². The van der Waals surface area contributed by atoms with Gasteiger partial charge in [0.05, 0.1) is 24.2 Å². The van der Waals surface area contributed by atoms with Crippen LogP contribution >= 0.6 is 0 Å². The zero-order chi connectivity index (χ0) is 34.5. The van der Waals surface area contributed by atoms with Gasteiger partial charge in [-0.25, -0.2) is 9.18 Å². The molecule has 4 rings (SSSR count). The zero-order valence-corrected chi connectivity index (χ0v) is 27.8. The third-order valence-electron chi connectivity index (χ3n) is 8.24. The zero-order valence-electron chi connectivity index (χ0n) is 27.8. The summed E-state index contributed by atoms with van der Waals surface area (Å²) < 4.78 is 26.2. The summed E-state index contributed by atoms with van der Waals surface area (Å²) in [7, 11) is 2.92. The second-order valence-corrected chi connectivity index (χ2v) is 13.0. The minimum absolute atomic E-state index is 0.0460. The number of nitrogens with zero attached hydrogens (tertiary/aromatic N) is 4. The molecule has 5 amide bonds. The van der Waals surface area contributed by atoms with Crippen molar-refractivity contribution in [2.24, 2.45) is 0 Å². The highest BCUT2D eigenvalue weighted by molar-refractivity contribution is 5.99. The van der Waals surface area contributed by atoms with Gasteiger partial charge in [-0.1, -0.05) is 30.3 Å². The standard InChI is InChI=1S/C34H44FN5O7/c1-22(23-10-8-7-9-11-23)36-31(43)27-13-15-29(41)37(5)20-30(42)40-17-16-39(33(45)47-34(2,3)4)19-25(40)21-46-28-14-12-24(35)18-26(28)32(44)38(27)6/h7-12,14,18,22,25,27H,13,15-17,19-21H2,1-6H3,(H,36,43)/t22-,25+,27+/m1/s1. The highest BCUT2D eigenvalue weighted by Gasteiger charge is 2.37. The Labute approximate surface area is 274 Å². The van der Waals surface area contributed by atoms with E-state index in [2.05, 4.69) is 5.32 Å². The normalized spacial score (nSPS) is 20.7. The summed E-state index contributed by atoms with van der Waals surface area (Å²) in [6, 6.07) is 10.6. The number of likely N-dealkylation sites (N-methyl/N-ethyl adjacent to an activating group) is 2. The fourth-order valence-corrected chi connectivity index (χ4v) is 5.60. The number of nitrogens with one attached hydrogen (secondary N) is 1. The summed E-state index contributed by atoms with van der Waals surface area (Å²) in [5, 5.41) is 2.92. The lowest BCUT2D eigenvalue weighted by molar-refractivity contribution is -0.143. The molecule has 0 saturated carbocycles. The van der Waals surface area contributed by atoms with Gasteiger partial charge in [0.1, 0.15) is 29.8 Å². The number of hydrogen-bond donors (Lipinski definition) is 1. The van der Waals surface area contributed by atoms with Crippen LogP contribution in [0, 0.1) is 5.82 Å². The monoisotopic (exact) mass is 653 g/mol. The van der Waals surface area contributed by atoms with Gasteiger partial charge in [0, 0.05) is 40.2 Å². The Morgan fingerprint density at radius 3 is 2.40 bits per heavy atom. The first-order valence-corrected chi connectivity index (χ1v) is 15.7. The van der Waals surface area contributed by atoms with Crippen LogP contribution in [-0.4, -0.2) is 114 Å². The van der Waals surface area contributed by atoms with Crippen LogP contribution in [0.15, 0.2) is 48.5 Å². The summed E-state index contributed by atoms with van der Waals surface area (Å²) in [5.41, 5.74) is -0.00370. The van der Waals surface area contributed by atoms with Crippen molar-refractivity contribution in [2.45, 2.75) is 64.3 Å². The van der Waals surface area contributed by atoms with Crippen LogP contribution in [0.25, 0.3) is 0 Å². The Kier molecular flexibility index (Phi) is 11.1. The van der Waals surface area contributed by atoms with E-state index < -0.39 is 53.4 Å². The average molecular weight is 654 g/mol. The molecule has 0 bridgehead atoms. The van der Waals surface area contributed by atoms with Gasteiger partial charge in [0.25, 0.3) is 5.91 Å². The van der Waals surface area contributed by atoms with Gasteiger partial charge >= 0.3 is 6.09 Å². The van der Waals surface area contributed by atoms with E-state index >= 15 is 0 Å². The first-order chi connectivity index (χ1) is 22.1. The first-order valence-electron chi connectivity index (χ1n) is 15.7. The maximum atomic E-state index is 14.6. The molecule has 2 aliphatic heterocycles. The van der Waals surface area contributed by atoms with Crippen LogP contribution in [0.5, 0.6) is 5.75 Å². The molecule has 13 heteroatoms. The number of piperazine rings is 1. The van der Waals surface area contributed by atoms with Crippen LogP contribution in [0.1, 0.15) is 62.5 Å². The van der Waals surface area contributed by atoms with Crippen molar-refractivity contribution in [2.75, 3.05) is 46.9 Å². The molecule has 0 radical (unpaired) electrons. The van der Waals surface area contributed by atoms with E-state index in [1.54, 1.807) is 25.7 Å². The molecule has 2 heterocycles. The molecule has 1 saturated heterocycles. The number of ether oxygens (including phenoxy) is 2. The van der Waals surface area contributed by atoms with Crippen LogP contribution < -0.4 is 10.1 Å². The van der Waals surface area contributed by atoms with E-state index in [-0.39, 0.29) is 62.8 Å². The highest BCUT2D eigenvalue weighted by Crippen LogP contribution is 2.25. The molecule has 2 aromatic carbocycles. The summed E-state index contributed by atoms with van der Waals surface area (Å²) >= 11 is 0. The minimum Gasteiger partial charge on any atom is -0.491 e. The molecule has 1 fully saturated rings. The molecule has 2 aliphatic rings. The number of rotatable bonds is 3. The maximum absolute atomic E-state index is 14.6. The Balaban J connectivity index is 1.65. The lowest BCUT2D eigenvalue weighted by Crippen LogP contribution is -2.60. The molecule has 3 atom stereocenters. The van der Waals surface area contributed by atoms with E-state index in [1.807, 2.05) is 37.3 Å². The van der Waals surface area contributed by atoms with Crippen LogP contribution in [0.4, 0.5) is 9.18 Å². The smallest absolute Gasteiger partial charge is 0.410 e. The second-order valence-electron chi connectivity index (χ2n) is 13.0. The van der Waals surface area contributed by atoms with E-state index in [1.165, 1.54) is 34.9 Å². The Morgan fingerprint density at radius 2 is 1.72 bits per heavy atom. The maximum Gasteiger partial charge on any atom is 0.410 e. The number of halogens is 1. The Hall–Kier alpha value is -4.68. The number of benzene rings is 2. The number of hydrogen-bond acceptors (Lipinski definition) is 7. The molecule has 2 aromatic rings. The van der Waals surface area contributed by atoms with Gasteiger partial charge in [-0.05, 0) is 57.9 Å². The Bertz CT molecular complexity index is 1480. The van der Waals surface area contributed by atoms with Crippen molar-refractivity contribution in [3.05, 3.63) is 65.5 Å². The van der Waals surface area contributed by atoms with Crippen molar-refractivity contribution in [3.8, 4) is 5.75 Å². The fraction of sp³-hybridized carbons (Fsp3) is 0.500. The van der Waals surface area contributed by atoms with Crippen LogP contribution in [0.3, 0.4) is 0 Å². The number of amides is 5. The van der Waals surface area contributed by atoms with E-state index in [9.17, 15) is 28.4 Å². The molecule has 0 aromatic heterocycles. The molecular formula is C34H44FN5O7. The number of carbonyl (C=O) groups is 5. The summed E-state index contributed by atoms with van der Waals surface area (Å²) in [4.78, 5) is 72.8. The number of carbonyl (C=O) groups excluding carboxylic acids is 5. The van der Waals surface area contributed by atoms with Gasteiger partial charge in [-0.15, -0.1) is 0 Å². The van der Waals surface area contributed by atoms with Gasteiger partial charge in [0.2, 0.25) is 17.7 Å². The van der Waals surface area contributed by atoms with Gasteiger partial charge in [-0.3, -0.25) is 19.2 Å². The van der Waals surface area contributed by atoms with E-state index in [4.69, 9.17) is 9.47 Å². The van der Waals surface area contributed by atoms with Gasteiger partial charge < -0.3 is 34.4 Å². The average Bonchev–Trinajstić information content (AvgIpc) is 3.02. The van der Waals surface area contributed by atoms with Crippen molar-refractivity contribution < 1.29 is 37.8 Å². The predicted molar refractivity (Wildman–Crippen MR) is 171 cm³/mol. The van der Waals surface area contributed by atoms with E-state index in [0.29, 0.717) is 0 Å². The number of fused-ring (bicyclic) bond motifs is 2. The lowest BCUT2D eigenvalue weighted by atomic mass is 10.0. The van der Waals surface area contributed by atoms with E-state index in [0.717, 1.165) is 17.7 Å². The van der Waals surface area contributed by atoms with Gasteiger partial charge in [-0.2, -0.15) is 0 Å². The van der Waals surface area contributed by atoms with Crippen molar-refractivity contribution >= 4 is 29.7 Å². The molecule has 0 unspecified atom stereocenters. The molecule has 12 nitrogen and oxygen atoms in total. The highest BCUT2D eigenvalue weighted by atomic mass is 19.1. The SMILES string of the molecule is C[C@@H](NC(=O)[C@@H]1CCC(=O)N(C)CC(=O)N2CCN(C(=O)OC(C)(C)C)C[C@H]2COc2ccc(F)cc2C(=O)N1C)c1ccccc1. The second kappa shape index (κ2) is 14.8. The van der Waals surface area contributed by atoms with Crippen molar-refractivity contribution in [1.29, 1.82) is 0 Å². The third-order valence-corrected chi connectivity index (χ3v) is 8.24. The predicted octanol–water partition coefficient (Wildman–Crippen LogP) is 3.22. The van der Waals surface area contributed by atoms with Crippen molar-refractivity contribution in [1.82, 2.24) is 24.9 Å². The summed E-state index contributed by atoms with van der Waals surface area (Å²) in [6.45, 7) is 7.14. The van der Waals surface area contributed by atoms with Crippen LogP contribution in [0.2, 0.25) is 0 Å². The molecule has 0 spiro atoms. The van der Waals surface area contributed by atoms with Crippen molar-refractivity contribution in [3.63, 3.8) is 0 Å². The van der Waals surface area contributed by atoms with Crippen LogP contribution in [-0.2, 0) is 19.1 Å². The minimum atomic E-state index is -1.10. The summed E-state index contributed by atoms with van der Waals surface area (Å²) in [5.74, 6) is -2.57. The first kappa shape index (κ1) is 35.2.